The van der Waals surface area contributed by atoms with Gasteiger partial charge in [0.05, 0.1) is 5.69 Å². The third-order valence-corrected chi connectivity index (χ3v) is 5.10. The molecule has 0 bridgehead atoms. The molecule has 0 atom stereocenters. The molecular weight excluding hydrogens is 483 g/mol. The van der Waals surface area contributed by atoms with Crippen LogP contribution in [0.15, 0.2) is 98.0 Å². The SMILES string of the molecule is C=C/C=C(\C=C/N)c1cccc(C(=O)Nc2ccc(-n3nc(-c4cccnc4)cc3C(F)(F)F)nn2)c1. The lowest BCUT2D eigenvalue weighted by molar-refractivity contribution is -0.142. The van der Waals surface area contributed by atoms with Crippen molar-refractivity contribution in [3.63, 3.8) is 0 Å². The van der Waals surface area contributed by atoms with Gasteiger partial charge in [0.15, 0.2) is 17.3 Å². The summed E-state index contributed by atoms with van der Waals surface area (Å²) in [6.07, 6.45) is 4.63. The third-order valence-electron chi connectivity index (χ3n) is 5.10. The van der Waals surface area contributed by atoms with Crippen molar-refractivity contribution < 1.29 is 18.0 Å². The fraction of sp³-hybridized carbons (Fsp3) is 0.0385. The second-order valence-electron chi connectivity index (χ2n) is 7.59. The number of amides is 1. The Morgan fingerprint density at radius 1 is 1.05 bits per heavy atom. The van der Waals surface area contributed by atoms with E-state index >= 15 is 0 Å². The van der Waals surface area contributed by atoms with E-state index in [0.717, 1.165) is 17.2 Å². The Balaban J connectivity index is 1.58. The van der Waals surface area contributed by atoms with E-state index in [1.54, 1.807) is 48.6 Å². The zero-order valence-corrected chi connectivity index (χ0v) is 19.2. The molecule has 0 aliphatic carbocycles. The summed E-state index contributed by atoms with van der Waals surface area (Å²) in [5, 5.41) is 14.4. The molecule has 3 N–H and O–H groups in total. The molecule has 0 aliphatic heterocycles. The van der Waals surface area contributed by atoms with Crippen LogP contribution in [0.4, 0.5) is 19.0 Å². The minimum Gasteiger partial charge on any atom is -0.405 e. The van der Waals surface area contributed by atoms with Gasteiger partial charge < -0.3 is 11.1 Å². The Bertz CT molecular complexity index is 1470. The van der Waals surface area contributed by atoms with Gasteiger partial charge in [-0.1, -0.05) is 30.9 Å². The van der Waals surface area contributed by atoms with Gasteiger partial charge in [0.25, 0.3) is 5.91 Å². The largest absolute Gasteiger partial charge is 0.433 e. The maximum Gasteiger partial charge on any atom is 0.433 e. The number of rotatable bonds is 7. The molecule has 0 fully saturated rings. The van der Waals surface area contributed by atoms with E-state index < -0.39 is 17.8 Å². The molecule has 0 unspecified atom stereocenters. The van der Waals surface area contributed by atoms with Crippen molar-refractivity contribution in [3.05, 3.63) is 115 Å². The highest BCUT2D eigenvalue weighted by Gasteiger charge is 2.37. The van der Waals surface area contributed by atoms with Gasteiger partial charge in [-0.25, -0.2) is 4.68 Å². The van der Waals surface area contributed by atoms with E-state index in [9.17, 15) is 18.0 Å². The van der Waals surface area contributed by atoms with Crippen LogP contribution < -0.4 is 11.1 Å². The summed E-state index contributed by atoms with van der Waals surface area (Å²) in [6, 6.07) is 13.5. The molecule has 4 rings (SSSR count). The second kappa shape index (κ2) is 10.7. The molecule has 4 aromatic rings. The van der Waals surface area contributed by atoms with E-state index in [1.165, 1.54) is 30.7 Å². The van der Waals surface area contributed by atoms with Crippen molar-refractivity contribution in [2.75, 3.05) is 5.32 Å². The van der Waals surface area contributed by atoms with Crippen LogP contribution in [0.5, 0.6) is 0 Å². The van der Waals surface area contributed by atoms with Gasteiger partial charge in [-0.15, -0.1) is 10.2 Å². The predicted octanol–water partition coefficient (Wildman–Crippen LogP) is 5.04. The van der Waals surface area contributed by atoms with Crippen molar-refractivity contribution in [1.29, 1.82) is 0 Å². The van der Waals surface area contributed by atoms with E-state index in [1.807, 2.05) is 6.07 Å². The first-order valence-corrected chi connectivity index (χ1v) is 10.8. The number of aromatic nitrogens is 5. The summed E-state index contributed by atoms with van der Waals surface area (Å²) in [5.41, 5.74) is 6.78. The number of hydrogen-bond acceptors (Lipinski definition) is 6. The van der Waals surface area contributed by atoms with Crippen LogP contribution in [-0.4, -0.2) is 30.9 Å². The van der Waals surface area contributed by atoms with Crippen molar-refractivity contribution in [1.82, 2.24) is 25.0 Å². The number of pyridine rings is 1. The normalized spacial score (nSPS) is 12.0. The predicted molar refractivity (Wildman–Crippen MR) is 133 cm³/mol. The Labute approximate surface area is 209 Å². The van der Waals surface area contributed by atoms with Crippen molar-refractivity contribution in [2.24, 2.45) is 5.73 Å². The molecule has 0 radical (unpaired) electrons. The number of hydrogen-bond donors (Lipinski definition) is 2. The second-order valence-corrected chi connectivity index (χ2v) is 7.59. The number of nitrogens with two attached hydrogens (primary N) is 1. The van der Waals surface area contributed by atoms with Gasteiger partial charge >= 0.3 is 6.18 Å². The number of nitrogens with one attached hydrogen (secondary N) is 1. The number of carbonyl (C=O) groups is 1. The molecule has 1 amide bonds. The van der Waals surface area contributed by atoms with Crippen LogP contribution in [0.1, 0.15) is 21.6 Å². The van der Waals surface area contributed by atoms with Gasteiger partial charge in [-0.2, -0.15) is 18.3 Å². The molecule has 186 valence electrons. The van der Waals surface area contributed by atoms with Gasteiger partial charge in [0.2, 0.25) is 0 Å². The number of alkyl halides is 3. The van der Waals surface area contributed by atoms with Gasteiger partial charge in [-0.3, -0.25) is 9.78 Å². The summed E-state index contributed by atoms with van der Waals surface area (Å²) in [6.45, 7) is 3.67. The zero-order chi connectivity index (χ0) is 26.4. The summed E-state index contributed by atoms with van der Waals surface area (Å²) >= 11 is 0. The number of allylic oxidation sites excluding steroid dienone is 4. The molecule has 0 spiro atoms. The molecule has 0 aliphatic rings. The fourth-order valence-electron chi connectivity index (χ4n) is 3.42. The van der Waals surface area contributed by atoms with Crippen LogP contribution in [0.2, 0.25) is 0 Å². The minimum absolute atomic E-state index is 0.0519. The highest BCUT2D eigenvalue weighted by Crippen LogP contribution is 2.33. The standard InChI is InChI=1S/C26H20F3N7O/c1-2-5-17(11-12-30)18-6-3-7-19(14-18)25(37)32-23-9-10-24(34-33-23)36-22(26(27,28)29)15-21(35-36)20-8-4-13-31-16-20/h2-16H,1,30H2,(H,32,33,37)/b12-11-,17-5+. The number of halogens is 3. The van der Waals surface area contributed by atoms with Crippen LogP contribution in [0.3, 0.4) is 0 Å². The average Bonchev–Trinajstić information content (AvgIpc) is 3.36. The van der Waals surface area contributed by atoms with Crippen LogP contribution in [0, 0.1) is 0 Å². The van der Waals surface area contributed by atoms with Crippen LogP contribution >= 0.6 is 0 Å². The Kier molecular flexibility index (Phi) is 7.23. The van der Waals surface area contributed by atoms with Crippen molar-refractivity contribution in [3.8, 4) is 17.1 Å². The lowest BCUT2D eigenvalue weighted by Crippen LogP contribution is -2.16. The Morgan fingerprint density at radius 2 is 1.86 bits per heavy atom. The molecule has 37 heavy (non-hydrogen) atoms. The first kappa shape index (κ1) is 25.0. The van der Waals surface area contributed by atoms with Crippen molar-refractivity contribution in [2.45, 2.75) is 6.18 Å². The maximum absolute atomic E-state index is 13.7. The molecule has 8 nitrogen and oxygen atoms in total. The zero-order valence-electron chi connectivity index (χ0n) is 19.2. The number of nitrogens with zero attached hydrogens (tertiary/aromatic N) is 5. The highest BCUT2D eigenvalue weighted by molar-refractivity contribution is 6.04. The molecule has 0 saturated heterocycles. The maximum atomic E-state index is 13.7. The van der Waals surface area contributed by atoms with E-state index in [0.29, 0.717) is 15.8 Å². The first-order valence-electron chi connectivity index (χ1n) is 10.8. The van der Waals surface area contributed by atoms with Crippen LogP contribution in [0.25, 0.3) is 22.6 Å². The summed E-state index contributed by atoms with van der Waals surface area (Å²) in [4.78, 5) is 16.7. The van der Waals surface area contributed by atoms with Crippen LogP contribution in [-0.2, 0) is 6.18 Å². The number of carbonyl (C=O) groups excluding carboxylic acids is 1. The molecule has 0 saturated carbocycles. The van der Waals surface area contributed by atoms with Crippen molar-refractivity contribution >= 4 is 17.3 Å². The smallest absolute Gasteiger partial charge is 0.405 e. The van der Waals surface area contributed by atoms with E-state index in [4.69, 9.17) is 5.73 Å². The first-order chi connectivity index (χ1) is 17.8. The summed E-state index contributed by atoms with van der Waals surface area (Å²) in [7, 11) is 0. The monoisotopic (exact) mass is 503 g/mol. The quantitative estimate of drug-likeness (QED) is 0.342. The number of anilines is 1. The molecular formula is C26H20F3N7O. The highest BCUT2D eigenvalue weighted by atomic mass is 19.4. The van der Waals surface area contributed by atoms with E-state index in [-0.39, 0.29) is 17.3 Å². The molecule has 3 aromatic heterocycles. The summed E-state index contributed by atoms with van der Waals surface area (Å²) in [5.74, 6) is -0.598. The van der Waals surface area contributed by atoms with Gasteiger partial charge in [-0.05, 0) is 65.9 Å². The van der Waals surface area contributed by atoms with E-state index in [2.05, 4.69) is 32.2 Å². The molecule has 3 heterocycles. The summed E-state index contributed by atoms with van der Waals surface area (Å²) < 4.78 is 41.7. The van der Waals surface area contributed by atoms with Gasteiger partial charge in [0, 0.05) is 23.5 Å². The Morgan fingerprint density at radius 3 is 2.51 bits per heavy atom. The molecule has 1 aromatic carbocycles. The minimum atomic E-state index is -4.69. The average molecular weight is 503 g/mol. The molecule has 11 heteroatoms. The number of benzene rings is 1. The lowest BCUT2D eigenvalue weighted by atomic mass is 10.0. The Hall–Kier alpha value is -5.06. The fourth-order valence-corrected chi connectivity index (χ4v) is 3.42. The topological polar surface area (TPSA) is 112 Å². The third kappa shape index (κ3) is 5.78. The van der Waals surface area contributed by atoms with Gasteiger partial charge in [0.1, 0.15) is 0 Å². The lowest BCUT2D eigenvalue weighted by Gasteiger charge is -2.10.